The van der Waals surface area contributed by atoms with Gasteiger partial charge < -0.3 is 19.8 Å². The van der Waals surface area contributed by atoms with Gasteiger partial charge in [-0.15, -0.1) is 0 Å². The predicted molar refractivity (Wildman–Crippen MR) is 116 cm³/mol. The summed E-state index contributed by atoms with van der Waals surface area (Å²) in [7, 11) is 1.61. The number of carbonyl (C=O) groups is 2. The molecule has 0 saturated carbocycles. The average molecular weight is 416 g/mol. The number of benzene rings is 2. The first kappa shape index (κ1) is 20.1. The van der Waals surface area contributed by atoms with Crippen molar-refractivity contribution in [1.82, 2.24) is 15.0 Å². The van der Waals surface area contributed by atoms with E-state index in [1.54, 1.807) is 49.8 Å². The smallest absolute Gasteiger partial charge is 0.338 e. The lowest BCUT2D eigenvalue weighted by molar-refractivity contribution is -0.123. The van der Waals surface area contributed by atoms with Crippen LogP contribution in [0.25, 0.3) is 22.4 Å². The number of nitrogens with one attached hydrogen (secondary N) is 2. The summed E-state index contributed by atoms with van der Waals surface area (Å²) in [4.78, 5) is 36.5. The molecule has 0 spiro atoms. The zero-order valence-corrected chi connectivity index (χ0v) is 17.0. The molecule has 1 amide bonds. The molecule has 156 valence electrons. The fraction of sp³-hybridized carbons (Fsp3) is 0.130. The van der Waals surface area contributed by atoms with Gasteiger partial charge in [-0.3, -0.25) is 9.78 Å². The molecule has 0 saturated heterocycles. The van der Waals surface area contributed by atoms with E-state index < -0.39 is 18.0 Å². The molecule has 0 fully saturated rings. The summed E-state index contributed by atoms with van der Waals surface area (Å²) >= 11 is 0. The molecule has 2 heterocycles. The Morgan fingerprint density at radius 3 is 2.48 bits per heavy atom. The van der Waals surface area contributed by atoms with E-state index in [9.17, 15) is 9.59 Å². The predicted octanol–water partition coefficient (Wildman–Crippen LogP) is 3.82. The lowest BCUT2D eigenvalue weighted by Gasteiger charge is -2.13. The molecular weight excluding hydrogens is 396 g/mol. The molecule has 8 heteroatoms. The van der Waals surface area contributed by atoms with E-state index in [1.807, 2.05) is 24.3 Å². The van der Waals surface area contributed by atoms with Crippen LogP contribution in [-0.4, -0.2) is 40.0 Å². The summed E-state index contributed by atoms with van der Waals surface area (Å²) in [5.41, 5.74) is 3.19. The Labute approximate surface area is 178 Å². The van der Waals surface area contributed by atoms with E-state index in [-0.39, 0.29) is 0 Å². The Morgan fingerprint density at radius 2 is 1.77 bits per heavy atom. The Hall–Kier alpha value is -4.20. The number of pyridine rings is 1. The van der Waals surface area contributed by atoms with Crippen LogP contribution >= 0.6 is 0 Å². The highest BCUT2D eigenvalue weighted by molar-refractivity contribution is 5.98. The van der Waals surface area contributed by atoms with E-state index >= 15 is 0 Å². The number of hydrogen-bond acceptors (Lipinski definition) is 6. The van der Waals surface area contributed by atoms with Crippen molar-refractivity contribution in [2.45, 2.75) is 13.0 Å². The first-order valence-electron chi connectivity index (χ1n) is 9.59. The largest absolute Gasteiger partial charge is 0.497 e. The molecule has 4 aromatic rings. The van der Waals surface area contributed by atoms with Crippen LogP contribution in [0.4, 0.5) is 5.69 Å². The number of rotatable bonds is 6. The maximum Gasteiger partial charge on any atom is 0.338 e. The van der Waals surface area contributed by atoms with Gasteiger partial charge in [-0.2, -0.15) is 0 Å². The van der Waals surface area contributed by atoms with Crippen molar-refractivity contribution >= 4 is 28.6 Å². The standard InChI is InChI=1S/C23H20N4O4/c1-14(22(28)25-17-9-11-24-12-10-17)31-23(29)16-5-8-19-20(13-16)27-21(26-19)15-3-6-18(30-2)7-4-15/h3-14H,1-2H3,(H,26,27)(H,24,25,28). The molecule has 2 N–H and O–H groups in total. The molecule has 0 bridgehead atoms. The number of nitrogens with zero attached hydrogens (tertiary/aromatic N) is 2. The zero-order chi connectivity index (χ0) is 21.8. The third kappa shape index (κ3) is 4.53. The first-order chi connectivity index (χ1) is 15.0. The number of amides is 1. The zero-order valence-electron chi connectivity index (χ0n) is 17.0. The Kier molecular flexibility index (Phi) is 5.61. The second-order valence-electron chi connectivity index (χ2n) is 6.82. The third-order valence-corrected chi connectivity index (χ3v) is 4.68. The summed E-state index contributed by atoms with van der Waals surface area (Å²) in [6.45, 7) is 1.52. The van der Waals surface area contributed by atoms with Gasteiger partial charge in [0.05, 0.1) is 23.7 Å². The molecule has 0 radical (unpaired) electrons. The number of aromatic amines is 1. The number of methoxy groups -OCH3 is 1. The molecule has 0 aliphatic rings. The van der Waals surface area contributed by atoms with Crippen LogP contribution in [0.3, 0.4) is 0 Å². The van der Waals surface area contributed by atoms with Gasteiger partial charge in [-0.25, -0.2) is 9.78 Å². The lowest BCUT2D eigenvalue weighted by atomic mass is 10.2. The maximum absolute atomic E-state index is 12.5. The minimum Gasteiger partial charge on any atom is -0.497 e. The van der Waals surface area contributed by atoms with Crippen LogP contribution in [0.2, 0.25) is 0 Å². The highest BCUT2D eigenvalue weighted by Gasteiger charge is 2.20. The highest BCUT2D eigenvalue weighted by atomic mass is 16.5. The van der Waals surface area contributed by atoms with E-state index in [0.29, 0.717) is 28.1 Å². The lowest BCUT2D eigenvalue weighted by Crippen LogP contribution is -2.30. The van der Waals surface area contributed by atoms with Gasteiger partial charge in [0.25, 0.3) is 5.91 Å². The SMILES string of the molecule is COc1ccc(-c2nc3ccc(C(=O)OC(C)C(=O)Nc4ccncc4)cc3[nH]2)cc1. The number of anilines is 1. The molecule has 1 atom stereocenters. The fourth-order valence-electron chi connectivity index (χ4n) is 2.98. The Morgan fingerprint density at radius 1 is 1.03 bits per heavy atom. The van der Waals surface area contributed by atoms with Gasteiger partial charge in [-0.1, -0.05) is 0 Å². The van der Waals surface area contributed by atoms with Gasteiger partial charge in [0.15, 0.2) is 6.10 Å². The second kappa shape index (κ2) is 8.66. The van der Waals surface area contributed by atoms with Crippen LogP contribution in [0.15, 0.2) is 67.0 Å². The molecule has 2 aromatic heterocycles. The molecular formula is C23H20N4O4. The third-order valence-electron chi connectivity index (χ3n) is 4.68. The van der Waals surface area contributed by atoms with E-state index in [0.717, 1.165) is 11.3 Å². The molecule has 0 aliphatic heterocycles. The molecule has 0 aliphatic carbocycles. The van der Waals surface area contributed by atoms with E-state index in [1.165, 1.54) is 6.92 Å². The number of esters is 1. The van der Waals surface area contributed by atoms with E-state index in [2.05, 4.69) is 20.3 Å². The molecule has 4 rings (SSSR count). The van der Waals surface area contributed by atoms with Crippen molar-refractivity contribution in [2.75, 3.05) is 12.4 Å². The Balaban J connectivity index is 1.47. The summed E-state index contributed by atoms with van der Waals surface area (Å²) in [5.74, 6) is 0.407. The number of hydrogen-bond donors (Lipinski definition) is 2. The minimum atomic E-state index is -0.965. The van der Waals surface area contributed by atoms with Gasteiger partial charge >= 0.3 is 5.97 Å². The number of fused-ring (bicyclic) bond motifs is 1. The first-order valence-corrected chi connectivity index (χ1v) is 9.59. The van der Waals surface area contributed by atoms with Gasteiger partial charge in [0.1, 0.15) is 11.6 Å². The van der Waals surface area contributed by atoms with Gasteiger partial charge in [0.2, 0.25) is 0 Å². The van der Waals surface area contributed by atoms with Gasteiger partial charge in [-0.05, 0) is 61.5 Å². The van der Waals surface area contributed by atoms with Crippen LogP contribution in [0.5, 0.6) is 5.75 Å². The summed E-state index contributed by atoms with van der Waals surface area (Å²) in [6, 6.07) is 15.8. The van der Waals surface area contributed by atoms with Crippen LogP contribution in [0.1, 0.15) is 17.3 Å². The average Bonchev–Trinajstić information content (AvgIpc) is 3.23. The molecule has 2 aromatic carbocycles. The molecule has 8 nitrogen and oxygen atoms in total. The number of carbonyl (C=O) groups excluding carboxylic acids is 2. The van der Waals surface area contributed by atoms with Crippen molar-refractivity contribution < 1.29 is 19.1 Å². The fourth-order valence-corrected chi connectivity index (χ4v) is 2.98. The number of H-pyrrole nitrogens is 1. The van der Waals surface area contributed by atoms with E-state index in [4.69, 9.17) is 9.47 Å². The number of aromatic nitrogens is 3. The Bertz CT molecular complexity index is 1220. The summed E-state index contributed by atoms with van der Waals surface area (Å²) < 4.78 is 10.5. The maximum atomic E-state index is 12.5. The topological polar surface area (TPSA) is 106 Å². The van der Waals surface area contributed by atoms with Crippen molar-refractivity contribution in [3.05, 3.63) is 72.6 Å². The van der Waals surface area contributed by atoms with Gasteiger partial charge in [0, 0.05) is 23.6 Å². The monoisotopic (exact) mass is 416 g/mol. The van der Waals surface area contributed by atoms with Crippen molar-refractivity contribution in [1.29, 1.82) is 0 Å². The van der Waals surface area contributed by atoms with Crippen molar-refractivity contribution in [2.24, 2.45) is 0 Å². The molecule has 31 heavy (non-hydrogen) atoms. The molecule has 1 unspecified atom stereocenters. The minimum absolute atomic E-state index is 0.320. The number of imidazole rings is 1. The van der Waals surface area contributed by atoms with Crippen molar-refractivity contribution in [3.63, 3.8) is 0 Å². The van der Waals surface area contributed by atoms with Crippen LogP contribution < -0.4 is 10.1 Å². The summed E-state index contributed by atoms with van der Waals surface area (Å²) in [6.07, 6.45) is 2.16. The summed E-state index contributed by atoms with van der Waals surface area (Å²) in [5, 5.41) is 2.68. The highest BCUT2D eigenvalue weighted by Crippen LogP contribution is 2.23. The van der Waals surface area contributed by atoms with Crippen LogP contribution in [0, 0.1) is 0 Å². The van der Waals surface area contributed by atoms with Crippen LogP contribution in [-0.2, 0) is 9.53 Å². The normalized spacial score (nSPS) is 11.7. The second-order valence-corrected chi connectivity index (χ2v) is 6.82. The van der Waals surface area contributed by atoms with Crippen molar-refractivity contribution in [3.8, 4) is 17.1 Å². The quantitative estimate of drug-likeness (QED) is 0.463. The number of ether oxygens (including phenoxy) is 2.